The van der Waals surface area contributed by atoms with Crippen LogP contribution in [0.15, 0.2) is 30.3 Å². The van der Waals surface area contributed by atoms with Crippen molar-refractivity contribution in [2.45, 2.75) is 12.8 Å². The Labute approximate surface area is 133 Å². The van der Waals surface area contributed by atoms with E-state index in [-0.39, 0.29) is 0 Å². The summed E-state index contributed by atoms with van der Waals surface area (Å²) in [4.78, 5) is 9.53. The molecule has 0 aliphatic carbocycles. The van der Waals surface area contributed by atoms with Crippen molar-refractivity contribution < 1.29 is 0 Å². The lowest BCUT2D eigenvalue weighted by Crippen LogP contribution is -2.43. The van der Waals surface area contributed by atoms with Gasteiger partial charge in [0.25, 0.3) is 0 Å². The number of fused-ring (bicyclic) bond motifs is 1. The summed E-state index contributed by atoms with van der Waals surface area (Å²) < 4.78 is 0. The molecule has 4 nitrogen and oxygen atoms in total. The van der Waals surface area contributed by atoms with Gasteiger partial charge in [0.05, 0.1) is 5.52 Å². The maximum absolute atomic E-state index is 4.84. The molecule has 0 amide bonds. The lowest BCUT2D eigenvalue weighted by atomic mass is 10.1. The first-order valence-corrected chi connectivity index (χ1v) is 8.23. The molecule has 1 fully saturated rings. The van der Waals surface area contributed by atoms with E-state index in [2.05, 4.69) is 59.5 Å². The van der Waals surface area contributed by atoms with Gasteiger partial charge in [-0.1, -0.05) is 18.2 Å². The van der Waals surface area contributed by atoms with E-state index in [0.29, 0.717) is 0 Å². The van der Waals surface area contributed by atoms with E-state index in [1.54, 1.807) is 0 Å². The van der Waals surface area contributed by atoms with E-state index in [1.165, 1.54) is 37.0 Å². The minimum absolute atomic E-state index is 1.08. The van der Waals surface area contributed by atoms with E-state index in [1.807, 2.05) is 0 Å². The summed E-state index contributed by atoms with van der Waals surface area (Å²) in [6, 6.07) is 10.7. The molecule has 0 unspecified atom stereocenters. The zero-order chi connectivity index (χ0) is 15.4. The molecule has 1 saturated heterocycles. The fraction of sp³-hybridized carbons (Fsp3) is 0.500. The fourth-order valence-electron chi connectivity index (χ4n) is 3.15. The number of anilines is 1. The van der Waals surface area contributed by atoms with Crippen molar-refractivity contribution in [2.24, 2.45) is 0 Å². The Morgan fingerprint density at radius 2 is 1.95 bits per heavy atom. The van der Waals surface area contributed by atoms with Gasteiger partial charge in [-0.05, 0) is 37.1 Å². The molecule has 1 aliphatic heterocycles. The van der Waals surface area contributed by atoms with Gasteiger partial charge in [-0.2, -0.15) is 0 Å². The van der Waals surface area contributed by atoms with Crippen molar-refractivity contribution in [2.75, 3.05) is 51.7 Å². The molecule has 4 heteroatoms. The molecule has 1 aromatic carbocycles. The van der Waals surface area contributed by atoms with Crippen molar-refractivity contribution in [1.82, 2.24) is 15.2 Å². The van der Waals surface area contributed by atoms with Crippen molar-refractivity contribution in [3.05, 3.63) is 35.9 Å². The number of pyridine rings is 1. The topological polar surface area (TPSA) is 31.4 Å². The van der Waals surface area contributed by atoms with Crippen LogP contribution in [0.4, 0.5) is 5.82 Å². The average Bonchev–Trinajstić information content (AvgIpc) is 2.55. The molecule has 0 saturated carbocycles. The third-order valence-electron chi connectivity index (χ3n) is 4.33. The highest BCUT2D eigenvalue weighted by Gasteiger charge is 2.11. The molecule has 0 bridgehead atoms. The van der Waals surface area contributed by atoms with Crippen LogP contribution in [0.25, 0.3) is 10.9 Å². The van der Waals surface area contributed by atoms with E-state index in [9.17, 15) is 0 Å². The van der Waals surface area contributed by atoms with Crippen LogP contribution >= 0.6 is 0 Å². The Bertz CT molecular complexity index is 618. The summed E-state index contributed by atoms with van der Waals surface area (Å²) in [7, 11) is 4.16. The molecule has 118 valence electrons. The largest absolute Gasteiger partial charge is 0.362 e. The standard InChI is InChI=1S/C18H26N4/c1-21(2)18-16(7-5-11-22-12-9-19-10-13-22)14-15-6-3-4-8-17(15)20-18/h3-4,6,8,14,19H,5,7,9-13H2,1-2H3. The Balaban J connectivity index is 1.72. The SMILES string of the molecule is CN(C)c1nc2ccccc2cc1CCCN1CCNCC1. The maximum Gasteiger partial charge on any atom is 0.131 e. The Hall–Kier alpha value is -1.65. The number of rotatable bonds is 5. The summed E-state index contributed by atoms with van der Waals surface area (Å²) in [5, 5.41) is 4.65. The Kier molecular flexibility index (Phi) is 4.90. The summed E-state index contributed by atoms with van der Waals surface area (Å²) in [6.45, 7) is 5.79. The first-order valence-electron chi connectivity index (χ1n) is 8.23. The zero-order valence-corrected chi connectivity index (χ0v) is 13.7. The molecule has 0 spiro atoms. The number of para-hydroxylation sites is 1. The minimum Gasteiger partial charge on any atom is -0.362 e. The molecular formula is C18H26N4. The van der Waals surface area contributed by atoms with Crippen molar-refractivity contribution in [1.29, 1.82) is 0 Å². The lowest BCUT2D eigenvalue weighted by Gasteiger charge is -2.27. The number of hydrogen-bond acceptors (Lipinski definition) is 4. The van der Waals surface area contributed by atoms with Gasteiger partial charge in [0, 0.05) is 45.7 Å². The molecule has 0 radical (unpaired) electrons. The third-order valence-corrected chi connectivity index (χ3v) is 4.33. The quantitative estimate of drug-likeness (QED) is 0.916. The van der Waals surface area contributed by atoms with Crippen molar-refractivity contribution in [3.63, 3.8) is 0 Å². The van der Waals surface area contributed by atoms with Crippen LogP contribution in [0.1, 0.15) is 12.0 Å². The summed E-state index contributed by atoms with van der Waals surface area (Å²) in [5.41, 5.74) is 2.44. The van der Waals surface area contributed by atoms with Gasteiger partial charge in [0.1, 0.15) is 5.82 Å². The first kappa shape index (κ1) is 15.3. The molecule has 3 rings (SSSR count). The monoisotopic (exact) mass is 298 g/mol. The molecule has 1 aromatic heterocycles. The second-order valence-electron chi connectivity index (χ2n) is 6.25. The summed E-state index contributed by atoms with van der Waals surface area (Å²) in [5.74, 6) is 1.11. The zero-order valence-electron chi connectivity index (χ0n) is 13.7. The van der Waals surface area contributed by atoms with E-state index >= 15 is 0 Å². The van der Waals surface area contributed by atoms with Gasteiger partial charge < -0.3 is 15.1 Å². The molecular weight excluding hydrogens is 272 g/mol. The predicted octanol–water partition coefficient (Wildman–Crippen LogP) is 2.14. The number of nitrogens with one attached hydrogen (secondary N) is 1. The molecule has 1 N–H and O–H groups in total. The number of hydrogen-bond donors (Lipinski definition) is 1. The highest BCUT2D eigenvalue weighted by Crippen LogP contribution is 2.23. The van der Waals surface area contributed by atoms with Crippen LogP contribution in [0.5, 0.6) is 0 Å². The van der Waals surface area contributed by atoms with Crippen molar-refractivity contribution in [3.8, 4) is 0 Å². The van der Waals surface area contributed by atoms with E-state index < -0.39 is 0 Å². The third kappa shape index (κ3) is 3.57. The number of piperazine rings is 1. The first-order chi connectivity index (χ1) is 10.7. The van der Waals surface area contributed by atoms with Gasteiger partial charge in [-0.15, -0.1) is 0 Å². The van der Waals surface area contributed by atoms with Crippen LogP contribution in [0, 0.1) is 0 Å². The number of aromatic nitrogens is 1. The highest BCUT2D eigenvalue weighted by atomic mass is 15.2. The average molecular weight is 298 g/mol. The number of benzene rings is 1. The Morgan fingerprint density at radius 3 is 2.73 bits per heavy atom. The summed E-state index contributed by atoms with van der Waals surface area (Å²) in [6.07, 6.45) is 2.29. The molecule has 2 aromatic rings. The highest BCUT2D eigenvalue weighted by molar-refractivity contribution is 5.81. The molecule has 0 atom stereocenters. The van der Waals surface area contributed by atoms with Crippen LogP contribution in [0.3, 0.4) is 0 Å². The van der Waals surface area contributed by atoms with Gasteiger partial charge in [0.15, 0.2) is 0 Å². The molecule has 22 heavy (non-hydrogen) atoms. The Morgan fingerprint density at radius 1 is 1.18 bits per heavy atom. The van der Waals surface area contributed by atoms with Gasteiger partial charge in [-0.3, -0.25) is 0 Å². The lowest BCUT2D eigenvalue weighted by molar-refractivity contribution is 0.238. The summed E-state index contributed by atoms with van der Waals surface area (Å²) >= 11 is 0. The van der Waals surface area contributed by atoms with Crippen LogP contribution in [0.2, 0.25) is 0 Å². The fourth-order valence-corrected chi connectivity index (χ4v) is 3.15. The molecule has 1 aliphatic rings. The maximum atomic E-state index is 4.84. The van der Waals surface area contributed by atoms with Crippen LogP contribution in [-0.4, -0.2) is 56.7 Å². The smallest absolute Gasteiger partial charge is 0.131 e. The second-order valence-corrected chi connectivity index (χ2v) is 6.25. The van der Waals surface area contributed by atoms with Crippen LogP contribution in [-0.2, 0) is 6.42 Å². The van der Waals surface area contributed by atoms with Crippen LogP contribution < -0.4 is 10.2 Å². The van der Waals surface area contributed by atoms with Gasteiger partial charge >= 0.3 is 0 Å². The van der Waals surface area contributed by atoms with Crippen molar-refractivity contribution >= 4 is 16.7 Å². The second kappa shape index (κ2) is 7.07. The predicted molar refractivity (Wildman–Crippen MR) is 93.7 cm³/mol. The minimum atomic E-state index is 1.08. The number of nitrogens with zero attached hydrogens (tertiary/aromatic N) is 3. The molecule has 2 heterocycles. The van der Waals surface area contributed by atoms with E-state index in [4.69, 9.17) is 4.98 Å². The van der Waals surface area contributed by atoms with Gasteiger partial charge in [-0.25, -0.2) is 4.98 Å². The van der Waals surface area contributed by atoms with E-state index in [0.717, 1.165) is 30.8 Å². The normalized spacial score (nSPS) is 16.1. The number of aryl methyl sites for hydroxylation is 1. The van der Waals surface area contributed by atoms with Gasteiger partial charge in [0.2, 0.25) is 0 Å².